The molecule has 2 unspecified atom stereocenters. The summed E-state index contributed by atoms with van der Waals surface area (Å²) in [5.74, 6) is 0. The number of nitrogens with one attached hydrogen (secondary N) is 1. The molecule has 0 aromatic carbocycles. The quantitative estimate of drug-likeness (QED) is 0.753. The standard InChI is InChI=1S/C13H28N2/c1-5-14-11(2)12(3)15(4)13-9-7-6-8-10-13/h11-14H,5-10H2,1-4H3. The van der Waals surface area contributed by atoms with E-state index in [0.29, 0.717) is 12.1 Å². The van der Waals surface area contributed by atoms with E-state index in [1.165, 1.54) is 32.1 Å². The molecule has 90 valence electrons. The van der Waals surface area contributed by atoms with Gasteiger partial charge in [-0.2, -0.15) is 0 Å². The van der Waals surface area contributed by atoms with Gasteiger partial charge in [0.05, 0.1) is 0 Å². The first-order valence-corrected chi connectivity index (χ1v) is 6.62. The molecule has 0 spiro atoms. The summed E-state index contributed by atoms with van der Waals surface area (Å²) in [6.45, 7) is 7.91. The first-order valence-electron chi connectivity index (χ1n) is 6.62. The van der Waals surface area contributed by atoms with Crippen LogP contribution in [0.3, 0.4) is 0 Å². The highest BCUT2D eigenvalue weighted by Crippen LogP contribution is 2.23. The highest BCUT2D eigenvalue weighted by molar-refractivity contribution is 4.82. The molecule has 0 aromatic heterocycles. The van der Waals surface area contributed by atoms with Gasteiger partial charge in [-0.05, 0) is 40.3 Å². The molecule has 1 rings (SSSR count). The van der Waals surface area contributed by atoms with Crippen LogP contribution in [0.15, 0.2) is 0 Å². The van der Waals surface area contributed by atoms with Gasteiger partial charge in [-0.3, -0.25) is 4.90 Å². The Bertz CT molecular complexity index is 164. The molecule has 0 radical (unpaired) electrons. The van der Waals surface area contributed by atoms with Crippen molar-refractivity contribution in [1.29, 1.82) is 0 Å². The third-order valence-electron chi connectivity index (χ3n) is 4.04. The van der Waals surface area contributed by atoms with Gasteiger partial charge in [0, 0.05) is 18.1 Å². The van der Waals surface area contributed by atoms with Crippen molar-refractivity contribution in [1.82, 2.24) is 10.2 Å². The molecule has 0 heterocycles. The number of rotatable bonds is 5. The summed E-state index contributed by atoms with van der Waals surface area (Å²) in [4.78, 5) is 2.59. The first kappa shape index (κ1) is 13.0. The molecule has 0 aliphatic heterocycles. The van der Waals surface area contributed by atoms with Crippen LogP contribution in [0, 0.1) is 0 Å². The zero-order valence-electron chi connectivity index (χ0n) is 10.9. The summed E-state index contributed by atoms with van der Waals surface area (Å²) in [5.41, 5.74) is 0. The van der Waals surface area contributed by atoms with E-state index in [9.17, 15) is 0 Å². The van der Waals surface area contributed by atoms with Crippen LogP contribution in [0.5, 0.6) is 0 Å². The molecule has 1 fully saturated rings. The number of hydrogen-bond acceptors (Lipinski definition) is 2. The highest BCUT2D eigenvalue weighted by atomic mass is 15.2. The fourth-order valence-electron chi connectivity index (χ4n) is 2.67. The van der Waals surface area contributed by atoms with Crippen LogP contribution in [-0.4, -0.2) is 36.6 Å². The summed E-state index contributed by atoms with van der Waals surface area (Å²) in [6, 6.07) is 2.07. The Kier molecular flexibility index (Phi) is 5.62. The van der Waals surface area contributed by atoms with Gasteiger partial charge in [-0.25, -0.2) is 0 Å². The van der Waals surface area contributed by atoms with Gasteiger partial charge in [0.2, 0.25) is 0 Å². The molecule has 0 saturated heterocycles. The maximum absolute atomic E-state index is 3.52. The van der Waals surface area contributed by atoms with E-state index in [-0.39, 0.29) is 0 Å². The Morgan fingerprint density at radius 3 is 2.33 bits per heavy atom. The van der Waals surface area contributed by atoms with Gasteiger partial charge < -0.3 is 5.32 Å². The monoisotopic (exact) mass is 212 g/mol. The van der Waals surface area contributed by atoms with Crippen LogP contribution in [0.1, 0.15) is 52.9 Å². The minimum atomic E-state index is 0.599. The second kappa shape index (κ2) is 6.49. The zero-order chi connectivity index (χ0) is 11.3. The van der Waals surface area contributed by atoms with Crippen molar-refractivity contribution in [2.75, 3.05) is 13.6 Å². The van der Waals surface area contributed by atoms with Crippen molar-refractivity contribution < 1.29 is 0 Å². The van der Waals surface area contributed by atoms with Crippen LogP contribution in [-0.2, 0) is 0 Å². The second-order valence-electron chi connectivity index (χ2n) is 5.04. The minimum absolute atomic E-state index is 0.599. The maximum Gasteiger partial charge on any atom is 0.0218 e. The Hall–Kier alpha value is -0.0800. The van der Waals surface area contributed by atoms with E-state index >= 15 is 0 Å². The van der Waals surface area contributed by atoms with Gasteiger partial charge >= 0.3 is 0 Å². The van der Waals surface area contributed by atoms with Crippen molar-refractivity contribution >= 4 is 0 Å². The van der Waals surface area contributed by atoms with Crippen LogP contribution in [0.4, 0.5) is 0 Å². The molecular formula is C13H28N2. The summed E-state index contributed by atoms with van der Waals surface area (Å²) < 4.78 is 0. The van der Waals surface area contributed by atoms with Crippen LogP contribution < -0.4 is 5.32 Å². The van der Waals surface area contributed by atoms with Gasteiger partial charge in [-0.1, -0.05) is 26.2 Å². The van der Waals surface area contributed by atoms with E-state index in [1.807, 2.05) is 0 Å². The molecule has 2 atom stereocenters. The van der Waals surface area contributed by atoms with Crippen LogP contribution >= 0.6 is 0 Å². The predicted molar refractivity (Wildman–Crippen MR) is 67.2 cm³/mol. The molecule has 1 aliphatic carbocycles. The number of nitrogens with zero attached hydrogens (tertiary/aromatic N) is 1. The SMILES string of the molecule is CCNC(C)C(C)N(C)C1CCCCC1. The molecule has 1 N–H and O–H groups in total. The number of hydrogen-bond donors (Lipinski definition) is 1. The van der Waals surface area contributed by atoms with E-state index in [0.717, 1.165) is 12.6 Å². The Morgan fingerprint density at radius 1 is 1.20 bits per heavy atom. The summed E-state index contributed by atoms with van der Waals surface area (Å²) in [6.07, 6.45) is 7.11. The third-order valence-corrected chi connectivity index (χ3v) is 4.04. The van der Waals surface area contributed by atoms with Crippen molar-refractivity contribution in [3.63, 3.8) is 0 Å². The third kappa shape index (κ3) is 3.76. The van der Waals surface area contributed by atoms with E-state index in [1.54, 1.807) is 0 Å². The first-order chi connectivity index (χ1) is 7.16. The maximum atomic E-state index is 3.52. The highest BCUT2D eigenvalue weighted by Gasteiger charge is 2.24. The average molecular weight is 212 g/mol. The lowest BCUT2D eigenvalue weighted by molar-refractivity contribution is 0.125. The van der Waals surface area contributed by atoms with E-state index in [2.05, 4.69) is 38.0 Å². The van der Waals surface area contributed by atoms with Crippen LogP contribution in [0.25, 0.3) is 0 Å². The molecular weight excluding hydrogens is 184 g/mol. The van der Waals surface area contributed by atoms with Gasteiger partial charge in [0.1, 0.15) is 0 Å². The Morgan fingerprint density at radius 2 is 1.80 bits per heavy atom. The van der Waals surface area contributed by atoms with Crippen molar-refractivity contribution in [3.8, 4) is 0 Å². The molecule has 2 nitrogen and oxygen atoms in total. The molecule has 0 amide bonds. The minimum Gasteiger partial charge on any atom is -0.313 e. The van der Waals surface area contributed by atoms with Gasteiger partial charge in [-0.15, -0.1) is 0 Å². The lowest BCUT2D eigenvalue weighted by Crippen LogP contribution is -2.49. The molecule has 0 aromatic rings. The Balaban J connectivity index is 2.39. The van der Waals surface area contributed by atoms with Crippen molar-refractivity contribution in [2.24, 2.45) is 0 Å². The fourth-order valence-corrected chi connectivity index (χ4v) is 2.67. The second-order valence-corrected chi connectivity index (χ2v) is 5.04. The van der Waals surface area contributed by atoms with E-state index < -0.39 is 0 Å². The van der Waals surface area contributed by atoms with Crippen molar-refractivity contribution in [2.45, 2.75) is 71.0 Å². The largest absolute Gasteiger partial charge is 0.313 e. The average Bonchev–Trinajstić information content (AvgIpc) is 2.28. The Labute approximate surface area is 95.4 Å². The van der Waals surface area contributed by atoms with Crippen LogP contribution in [0.2, 0.25) is 0 Å². The molecule has 2 heteroatoms. The summed E-state index contributed by atoms with van der Waals surface area (Å²) in [7, 11) is 2.30. The molecule has 0 bridgehead atoms. The molecule has 15 heavy (non-hydrogen) atoms. The van der Waals surface area contributed by atoms with Crippen molar-refractivity contribution in [3.05, 3.63) is 0 Å². The van der Waals surface area contributed by atoms with Gasteiger partial charge in [0.15, 0.2) is 0 Å². The number of likely N-dealkylation sites (N-methyl/N-ethyl adjacent to an activating group) is 2. The predicted octanol–water partition coefficient (Wildman–Crippen LogP) is 2.64. The topological polar surface area (TPSA) is 15.3 Å². The zero-order valence-corrected chi connectivity index (χ0v) is 10.9. The summed E-state index contributed by atoms with van der Waals surface area (Å²) in [5, 5.41) is 3.52. The fraction of sp³-hybridized carbons (Fsp3) is 1.00. The van der Waals surface area contributed by atoms with Gasteiger partial charge in [0.25, 0.3) is 0 Å². The summed E-state index contributed by atoms with van der Waals surface area (Å²) >= 11 is 0. The molecule has 1 aliphatic rings. The lowest BCUT2D eigenvalue weighted by Gasteiger charge is -2.38. The normalized spacial score (nSPS) is 23.0. The van der Waals surface area contributed by atoms with E-state index in [4.69, 9.17) is 0 Å². The lowest BCUT2D eigenvalue weighted by atomic mass is 9.93. The smallest absolute Gasteiger partial charge is 0.0218 e. The molecule has 1 saturated carbocycles.